The molecule has 0 fully saturated rings. The summed E-state index contributed by atoms with van der Waals surface area (Å²) in [6, 6.07) is 0.0496. The molecule has 1 heterocycles. The molecule has 0 aliphatic rings. The van der Waals surface area contributed by atoms with Gasteiger partial charge in [-0.3, -0.25) is 0 Å². The first-order valence-electron chi connectivity index (χ1n) is 4.00. The molecule has 1 aromatic heterocycles. The fraction of sp³-hybridized carbons (Fsp3) is 0.714. The first-order chi connectivity index (χ1) is 5.91. The highest BCUT2D eigenvalue weighted by Crippen LogP contribution is 2.12. The van der Waals surface area contributed by atoms with Crippen LogP contribution in [0.15, 0.2) is 4.52 Å². The summed E-state index contributed by atoms with van der Waals surface area (Å²) in [5.74, 6) is 0.421. The van der Waals surface area contributed by atoms with Crippen molar-refractivity contribution in [1.29, 1.82) is 0 Å². The Morgan fingerprint density at radius 1 is 1.46 bits per heavy atom. The van der Waals surface area contributed by atoms with Crippen LogP contribution >= 0.6 is 0 Å². The molecule has 0 saturated carbocycles. The predicted octanol–water partition coefficient (Wildman–Crippen LogP) is -0.189. The third kappa shape index (κ3) is 4.44. The van der Waals surface area contributed by atoms with E-state index in [0.717, 1.165) is 6.54 Å². The van der Waals surface area contributed by atoms with Gasteiger partial charge in [-0.15, -0.1) is 0 Å². The van der Waals surface area contributed by atoms with Crippen molar-refractivity contribution >= 4 is 6.01 Å². The number of nitrogen functional groups attached to an aromatic ring is 1. The van der Waals surface area contributed by atoms with Crippen molar-refractivity contribution in [2.75, 3.05) is 12.3 Å². The Morgan fingerprint density at radius 3 is 2.08 bits per heavy atom. The second-order valence-corrected chi connectivity index (χ2v) is 3.09. The van der Waals surface area contributed by atoms with Crippen LogP contribution in [0.1, 0.15) is 26.6 Å². The van der Waals surface area contributed by atoms with Crippen molar-refractivity contribution < 1.29 is 4.52 Å². The number of nitrogens with two attached hydrogens (primary N) is 3. The SMILES string of the molecule is CC(C)(N)c1noc(N)n1.CCN. The number of hydrogen-bond donors (Lipinski definition) is 3. The lowest BCUT2D eigenvalue weighted by Gasteiger charge is -2.10. The topological polar surface area (TPSA) is 117 Å². The van der Waals surface area contributed by atoms with E-state index in [0.29, 0.717) is 5.82 Å². The van der Waals surface area contributed by atoms with Crippen molar-refractivity contribution in [3.63, 3.8) is 0 Å². The molecule has 13 heavy (non-hydrogen) atoms. The molecular formula is C7H17N5O. The molecule has 0 aliphatic carbocycles. The summed E-state index contributed by atoms with van der Waals surface area (Å²) in [6.07, 6.45) is 0. The van der Waals surface area contributed by atoms with Crippen LogP contribution in [0.3, 0.4) is 0 Å². The van der Waals surface area contributed by atoms with Gasteiger partial charge in [-0.1, -0.05) is 12.1 Å². The van der Waals surface area contributed by atoms with E-state index in [-0.39, 0.29) is 6.01 Å². The van der Waals surface area contributed by atoms with Gasteiger partial charge in [-0.05, 0) is 20.4 Å². The number of nitrogens with zero attached hydrogens (tertiary/aromatic N) is 2. The molecule has 1 rings (SSSR count). The molecule has 0 radical (unpaired) electrons. The second kappa shape index (κ2) is 4.78. The second-order valence-electron chi connectivity index (χ2n) is 3.09. The van der Waals surface area contributed by atoms with Gasteiger partial charge in [0.15, 0.2) is 5.82 Å². The summed E-state index contributed by atoms with van der Waals surface area (Å²) in [5.41, 5.74) is 15.1. The maximum Gasteiger partial charge on any atom is 0.318 e. The van der Waals surface area contributed by atoms with Gasteiger partial charge in [0, 0.05) is 0 Å². The minimum Gasteiger partial charge on any atom is -0.351 e. The lowest BCUT2D eigenvalue weighted by atomic mass is 10.1. The third-order valence-electron chi connectivity index (χ3n) is 1.02. The Balaban J connectivity index is 0.000000424. The third-order valence-corrected chi connectivity index (χ3v) is 1.02. The Hall–Kier alpha value is -1.14. The standard InChI is InChI=1S/C5H10N4O.C2H7N/c1-5(2,7)3-8-4(6)10-9-3;1-2-3/h7H2,1-2H3,(H2,6,8,9);2-3H2,1H3. The largest absolute Gasteiger partial charge is 0.351 e. The minimum atomic E-state index is -0.582. The Morgan fingerprint density at radius 2 is 1.92 bits per heavy atom. The fourth-order valence-electron chi connectivity index (χ4n) is 0.497. The first kappa shape index (κ1) is 11.9. The zero-order chi connectivity index (χ0) is 10.5. The van der Waals surface area contributed by atoms with E-state index in [2.05, 4.69) is 14.7 Å². The number of aromatic nitrogens is 2. The Kier molecular flexibility index (Phi) is 4.36. The maximum atomic E-state index is 5.63. The molecular weight excluding hydrogens is 170 g/mol. The summed E-state index contributed by atoms with van der Waals surface area (Å²) in [7, 11) is 0. The minimum absolute atomic E-state index is 0.0496. The lowest BCUT2D eigenvalue weighted by molar-refractivity contribution is 0.400. The van der Waals surface area contributed by atoms with Gasteiger partial charge >= 0.3 is 6.01 Å². The molecule has 6 nitrogen and oxygen atoms in total. The predicted molar refractivity (Wildman–Crippen MR) is 50.7 cm³/mol. The van der Waals surface area contributed by atoms with Gasteiger partial charge in [-0.25, -0.2) is 0 Å². The zero-order valence-corrected chi connectivity index (χ0v) is 8.24. The van der Waals surface area contributed by atoms with Crippen LogP contribution in [0.5, 0.6) is 0 Å². The molecule has 6 N–H and O–H groups in total. The molecule has 0 unspecified atom stereocenters. The van der Waals surface area contributed by atoms with Crippen LogP contribution in [-0.2, 0) is 5.54 Å². The average Bonchev–Trinajstić information content (AvgIpc) is 2.35. The molecule has 0 aromatic carbocycles. The normalized spacial score (nSPS) is 10.5. The van der Waals surface area contributed by atoms with E-state index in [1.165, 1.54) is 0 Å². The highest BCUT2D eigenvalue weighted by Gasteiger charge is 2.20. The number of anilines is 1. The van der Waals surface area contributed by atoms with Gasteiger partial charge in [0.25, 0.3) is 0 Å². The van der Waals surface area contributed by atoms with Crippen LogP contribution in [0, 0.1) is 0 Å². The molecule has 0 aliphatic heterocycles. The summed E-state index contributed by atoms with van der Waals surface area (Å²) in [5, 5.41) is 3.55. The van der Waals surface area contributed by atoms with Crippen molar-refractivity contribution in [2.45, 2.75) is 26.3 Å². The summed E-state index contributed by atoms with van der Waals surface area (Å²) < 4.78 is 4.53. The van der Waals surface area contributed by atoms with Crippen LogP contribution in [0.4, 0.5) is 6.01 Å². The summed E-state index contributed by atoms with van der Waals surface area (Å²) >= 11 is 0. The van der Waals surface area contributed by atoms with Crippen LogP contribution in [0.25, 0.3) is 0 Å². The molecule has 76 valence electrons. The maximum absolute atomic E-state index is 5.63. The van der Waals surface area contributed by atoms with Crippen LogP contribution < -0.4 is 17.2 Å². The molecule has 0 atom stereocenters. The van der Waals surface area contributed by atoms with E-state index in [4.69, 9.17) is 17.2 Å². The van der Waals surface area contributed by atoms with Crippen molar-refractivity contribution in [3.8, 4) is 0 Å². The monoisotopic (exact) mass is 187 g/mol. The zero-order valence-electron chi connectivity index (χ0n) is 8.24. The quantitative estimate of drug-likeness (QED) is 0.561. The smallest absolute Gasteiger partial charge is 0.318 e. The number of rotatable bonds is 1. The van der Waals surface area contributed by atoms with Crippen LogP contribution in [-0.4, -0.2) is 16.7 Å². The van der Waals surface area contributed by atoms with Gasteiger partial charge < -0.3 is 21.7 Å². The van der Waals surface area contributed by atoms with Gasteiger partial charge in [-0.2, -0.15) is 4.98 Å². The average molecular weight is 187 g/mol. The van der Waals surface area contributed by atoms with E-state index < -0.39 is 5.54 Å². The van der Waals surface area contributed by atoms with Gasteiger partial charge in [0.1, 0.15) is 0 Å². The molecule has 0 saturated heterocycles. The van der Waals surface area contributed by atoms with Gasteiger partial charge in [0.05, 0.1) is 5.54 Å². The fourth-order valence-corrected chi connectivity index (χ4v) is 0.497. The highest BCUT2D eigenvalue weighted by atomic mass is 16.5. The number of hydrogen-bond acceptors (Lipinski definition) is 6. The molecule has 0 amide bonds. The Bertz CT molecular complexity index is 239. The van der Waals surface area contributed by atoms with E-state index in [9.17, 15) is 0 Å². The lowest BCUT2D eigenvalue weighted by Crippen LogP contribution is -2.30. The Labute approximate surface area is 77.5 Å². The summed E-state index contributed by atoms with van der Waals surface area (Å²) in [6.45, 7) is 6.20. The van der Waals surface area contributed by atoms with Gasteiger partial charge in [0.2, 0.25) is 0 Å². The highest BCUT2D eigenvalue weighted by molar-refractivity contribution is 5.11. The van der Waals surface area contributed by atoms with E-state index >= 15 is 0 Å². The van der Waals surface area contributed by atoms with Crippen LogP contribution in [0.2, 0.25) is 0 Å². The molecule has 6 heteroatoms. The van der Waals surface area contributed by atoms with E-state index in [1.807, 2.05) is 6.92 Å². The molecule has 1 aromatic rings. The van der Waals surface area contributed by atoms with E-state index in [1.54, 1.807) is 13.8 Å². The summed E-state index contributed by atoms with van der Waals surface area (Å²) in [4.78, 5) is 3.76. The van der Waals surface area contributed by atoms with Crippen molar-refractivity contribution in [3.05, 3.63) is 5.82 Å². The molecule has 0 spiro atoms. The first-order valence-corrected chi connectivity index (χ1v) is 4.00. The van der Waals surface area contributed by atoms with Crippen molar-refractivity contribution in [2.24, 2.45) is 11.5 Å². The molecule has 0 bridgehead atoms. The van der Waals surface area contributed by atoms with Crippen molar-refractivity contribution in [1.82, 2.24) is 10.1 Å².